The molecule has 3 rings (SSSR count). The van der Waals surface area contributed by atoms with Crippen LogP contribution in [0, 0.1) is 10.1 Å². The largest absolute Gasteiger partial charge is 0.433 e. The first-order valence-corrected chi connectivity index (χ1v) is 4.93. The molecule has 6 nitrogen and oxygen atoms in total. The average molecular weight is 229 g/mol. The number of nitro groups is 1. The minimum atomic E-state index is -0.577. The molecule has 17 heavy (non-hydrogen) atoms. The summed E-state index contributed by atoms with van der Waals surface area (Å²) >= 11 is 0. The number of nitrogens with zero attached hydrogens (tertiary/aromatic N) is 2. The van der Waals surface area contributed by atoms with E-state index in [0.717, 1.165) is 11.0 Å². The molecule has 0 aliphatic rings. The number of hydrogen-bond acceptors (Lipinski definition) is 4. The van der Waals surface area contributed by atoms with Crippen LogP contribution in [0.5, 0.6) is 0 Å². The van der Waals surface area contributed by atoms with E-state index in [9.17, 15) is 10.1 Å². The van der Waals surface area contributed by atoms with E-state index in [0.29, 0.717) is 11.6 Å². The number of H-pyrrole nitrogens is 1. The van der Waals surface area contributed by atoms with E-state index >= 15 is 0 Å². The number of furan rings is 1. The van der Waals surface area contributed by atoms with Gasteiger partial charge in [-0.25, -0.2) is 4.98 Å². The molecule has 1 aromatic carbocycles. The van der Waals surface area contributed by atoms with E-state index in [1.54, 1.807) is 0 Å². The van der Waals surface area contributed by atoms with Crippen LogP contribution in [0.25, 0.3) is 22.6 Å². The van der Waals surface area contributed by atoms with Crippen LogP contribution in [0.15, 0.2) is 40.8 Å². The molecule has 0 saturated carbocycles. The minimum absolute atomic E-state index is 0.291. The highest BCUT2D eigenvalue weighted by Crippen LogP contribution is 2.25. The van der Waals surface area contributed by atoms with Crippen molar-refractivity contribution in [2.75, 3.05) is 0 Å². The number of fused-ring (bicyclic) bond motifs is 1. The zero-order valence-corrected chi connectivity index (χ0v) is 8.58. The number of rotatable bonds is 2. The van der Waals surface area contributed by atoms with E-state index in [1.165, 1.54) is 12.1 Å². The summed E-state index contributed by atoms with van der Waals surface area (Å²) < 4.78 is 5.07. The van der Waals surface area contributed by atoms with Gasteiger partial charge >= 0.3 is 5.88 Å². The SMILES string of the molecule is O=[N+]([O-])c1ccc(-c2nc3ccccc3[nH]2)o1. The van der Waals surface area contributed by atoms with Crippen molar-refractivity contribution in [1.29, 1.82) is 0 Å². The predicted molar refractivity (Wildman–Crippen MR) is 60.5 cm³/mol. The molecular formula is C11H7N3O3. The first-order valence-electron chi connectivity index (χ1n) is 4.93. The Morgan fingerprint density at radius 2 is 2.06 bits per heavy atom. The van der Waals surface area contributed by atoms with E-state index in [2.05, 4.69) is 9.97 Å². The Labute approximate surface area is 95.0 Å². The van der Waals surface area contributed by atoms with Gasteiger partial charge in [-0.3, -0.25) is 10.1 Å². The van der Waals surface area contributed by atoms with Crippen molar-refractivity contribution < 1.29 is 9.34 Å². The summed E-state index contributed by atoms with van der Waals surface area (Å²) in [5.41, 5.74) is 1.66. The van der Waals surface area contributed by atoms with Gasteiger partial charge in [0.25, 0.3) is 0 Å². The van der Waals surface area contributed by atoms with Gasteiger partial charge in [-0.05, 0) is 18.2 Å². The van der Waals surface area contributed by atoms with E-state index in [-0.39, 0.29) is 5.88 Å². The monoisotopic (exact) mass is 229 g/mol. The lowest BCUT2D eigenvalue weighted by Crippen LogP contribution is -1.83. The van der Waals surface area contributed by atoms with Crippen LogP contribution in [0.1, 0.15) is 0 Å². The van der Waals surface area contributed by atoms with Crippen LogP contribution in [0.3, 0.4) is 0 Å². The van der Waals surface area contributed by atoms with Crippen LogP contribution in [-0.2, 0) is 0 Å². The van der Waals surface area contributed by atoms with Crippen LogP contribution < -0.4 is 0 Å². The molecule has 0 unspecified atom stereocenters. The summed E-state index contributed by atoms with van der Waals surface area (Å²) in [7, 11) is 0. The summed E-state index contributed by atoms with van der Waals surface area (Å²) in [6, 6.07) is 10.3. The maximum absolute atomic E-state index is 10.5. The Balaban J connectivity index is 2.10. The molecule has 0 atom stereocenters. The van der Waals surface area contributed by atoms with Gasteiger partial charge in [0.2, 0.25) is 0 Å². The Bertz CT molecular complexity index is 666. The molecule has 0 saturated heterocycles. The fourth-order valence-electron chi connectivity index (χ4n) is 1.62. The standard InChI is InChI=1S/C11H7N3O3/c15-14(16)10-6-5-9(17-10)11-12-7-3-1-2-4-8(7)13-11/h1-6H,(H,12,13). The molecule has 2 heterocycles. The zero-order chi connectivity index (χ0) is 11.8. The van der Waals surface area contributed by atoms with Gasteiger partial charge in [-0.15, -0.1) is 0 Å². The highest BCUT2D eigenvalue weighted by molar-refractivity contribution is 5.78. The van der Waals surface area contributed by atoms with Gasteiger partial charge in [0, 0.05) is 0 Å². The number of imidazole rings is 1. The Kier molecular flexibility index (Phi) is 1.94. The molecule has 3 aromatic rings. The van der Waals surface area contributed by atoms with Gasteiger partial charge in [-0.1, -0.05) is 12.1 Å². The number of para-hydroxylation sites is 2. The number of nitrogens with one attached hydrogen (secondary N) is 1. The highest BCUT2D eigenvalue weighted by atomic mass is 16.6. The van der Waals surface area contributed by atoms with Gasteiger partial charge in [-0.2, -0.15) is 0 Å². The quantitative estimate of drug-likeness (QED) is 0.540. The van der Waals surface area contributed by atoms with Crippen molar-refractivity contribution >= 4 is 16.9 Å². The van der Waals surface area contributed by atoms with Gasteiger partial charge in [0.05, 0.1) is 17.1 Å². The van der Waals surface area contributed by atoms with E-state index in [4.69, 9.17) is 4.42 Å². The third-order valence-corrected chi connectivity index (χ3v) is 2.39. The second-order valence-corrected chi connectivity index (χ2v) is 3.50. The summed E-state index contributed by atoms with van der Waals surface area (Å²) in [5, 5.41) is 10.5. The fourth-order valence-corrected chi connectivity index (χ4v) is 1.62. The Morgan fingerprint density at radius 3 is 2.76 bits per heavy atom. The smallest absolute Gasteiger partial charge is 0.397 e. The maximum atomic E-state index is 10.5. The van der Waals surface area contributed by atoms with Crippen LogP contribution in [-0.4, -0.2) is 14.9 Å². The van der Waals surface area contributed by atoms with Crippen LogP contribution >= 0.6 is 0 Å². The molecule has 84 valence electrons. The molecule has 0 amide bonds. The first kappa shape index (κ1) is 9.59. The molecule has 0 bridgehead atoms. The van der Waals surface area contributed by atoms with Gasteiger partial charge < -0.3 is 9.40 Å². The van der Waals surface area contributed by atoms with Crippen molar-refractivity contribution in [3.63, 3.8) is 0 Å². The highest BCUT2D eigenvalue weighted by Gasteiger charge is 2.15. The normalized spacial score (nSPS) is 10.8. The predicted octanol–water partition coefficient (Wildman–Crippen LogP) is 2.73. The first-order chi connectivity index (χ1) is 8.24. The lowest BCUT2D eigenvalue weighted by Gasteiger charge is -1.87. The number of aromatic nitrogens is 2. The van der Waals surface area contributed by atoms with E-state index in [1.807, 2.05) is 24.3 Å². The number of hydrogen-bond donors (Lipinski definition) is 1. The maximum Gasteiger partial charge on any atom is 0.433 e. The average Bonchev–Trinajstić information content (AvgIpc) is 2.95. The van der Waals surface area contributed by atoms with Crippen molar-refractivity contribution in [2.45, 2.75) is 0 Å². The molecule has 1 N–H and O–H groups in total. The molecule has 0 fully saturated rings. The third-order valence-electron chi connectivity index (χ3n) is 2.39. The molecule has 0 aliphatic heterocycles. The molecule has 0 spiro atoms. The van der Waals surface area contributed by atoms with Gasteiger partial charge in [0.15, 0.2) is 11.6 Å². The molecular weight excluding hydrogens is 222 g/mol. The summed E-state index contributed by atoms with van der Waals surface area (Å²) in [6.45, 7) is 0. The van der Waals surface area contributed by atoms with Crippen molar-refractivity contribution in [1.82, 2.24) is 9.97 Å². The Morgan fingerprint density at radius 1 is 1.24 bits per heavy atom. The van der Waals surface area contributed by atoms with Crippen molar-refractivity contribution in [2.24, 2.45) is 0 Å². The topological polar surface area (TPSA) is 85.0 Å². The molecule has 6 heteroatoms. The second-order valence-electron chi connectivity index (χ2n) is 3.50. The fraction of sp³-hybridized carbons (Fsp3) is 0. The van der Waals surface area contributed by atoms with Crippen LogP contribution in [0.4, 0.5) is 5.88 Å². The number of benzene rings is 1. The summed E-state index contributed by atoms with van der Waals surface area (Å²) in [6.07, 6.45) is 0. The lowest BCUT2D eigenvalue weighted by atomic mass is 10.3. The lowest BCUT2D eigenvalue weighted by molar-refractivity contribution is -0.401. The minimum Gasteiger partial charge on any atom is -0.397 e. The van der Waals surface area contributed by atoms with Gasteiger partial charge in [0.1, 0.15) is 4.92 Å². The number of aromatic amines is 1. The second kappa shape index (κ2) is 3.44. The molecule has 0 aliphatic carbocycles. The van der Waals surface area contributed by atoms with E-state index < -0.39 is 4.92 Å². The molecule has 0 radical (unpaired) electrons. The van der Waals surface area contributed by atoms with Crippen LogP contribution in [0.2, 0.25) is 0 Å². The zero-order valence-electron chi connectivity index (χ0n) is 8.58. The van der Waals surface area contributed by atoms with Crippen molar-refractivity contribution in [3.8, 4) is 11.6 Å². The summed E-state index contributed by atoms with van der Waals surface area (Å²) in [4.78, 5) is 17.2. The summed E-state index contributed by atoms with van der Waals surface area (Å²) in [5.74, 6) is 0.549. The van der Waals surface area contributed by atoms with Crippen molar-refractivity contribution in [3.05, 3.63) is 46.5 Å². The molecule has 2 aromatic heterocycles. The third kappa shape index (κ3) is 1.55. The Hall–Kier alpha value is -2.63.